The Bertz CT molecular complexity index is 1280. The maximum Gasteiger partial charge on any atom is 0.142 e. The van der Waals surface area contributed by atoms with E-state index in [0.717, 1.165) is 39.5 Å². The average molecular weight is 447 g/mol. The molecule has 5 heteroatoms. The van der Waals surface area contributed by atoms with Gasteiger partial charge in [-0.2, -0.15) is 0 Å². The molecule has 0 amide bonds. The third-order valence-corrected chi connectivity index (χ3v) is 5.76. The summed E-state index contributed by atoms with van der Waals surface area (Å²) in [4.78, 5) is 5.68. The van der Waals surface area contributed by atoms with Gasteiger partial charge in [-0.25, -0.2) is 4.39 Å². The van der Waals surface area contributed by atoms with Gasteiger partial charge in [-0.15, -0.1) is 0 Å². The number of aryl methyl sites for hydroxylation is 1. The molecule has 0 unspecified atom stereocenters. The van der Waals surface area contributed by atoms with Crippen molar-refractivity contribution in [2.45, 2.75) is 27.4 Å². The SMILES string of the molecule is C/C(=N/OCc1ccccc1C)c1cc(-c2ccc(F)cc2)n(-c2cccc(Cl)c2)c1C. The molecule has 0 fully saturated rings. The van der Waals surface area contributed by atoms with Gasteiger partial charge < -0.3 is 9.40 Å². The number of oxime groups is 1. The van der Waals surface area contributed by atoms with E-state index >= 15 is 0 Å². The van der Waals surface area contributed by atoms with Crippen LogP contribution >= 0.6 is 11.6 Å². The number of benzene rings is 3. The van der Waals surface area contributed by atoms with Gasteiger partial charge in [0.1, 0.15) is 12.4 Å². The Hall–Kier alpha value is -3.37. The number of aromatic nitrogens is 1. The van der Waals surface area contributed by atoms with Crippen molar-refractivity contribution < 1.29 is 9.23 Å². The maximum atomic E-state index is 13.5. The zero-order chi connectivity index (χ0) is 22.7. The molecular weight excluding hydrogens is 423 g/mol. The molecule has 0 saturated carbocycles. The molecule has 0 spiro atoms. The third-order valence-electron chi connectivity index (χ3n) is 5.53. The fourth-order valence-corrected chi connectivity index (χ4v) is 3.96. The van der Waals surface area contributed by atoms with Crippen LogP contribution in [-0.2, 0) is 11.4 Å². The molecule has 0 radical (unpaired) electrons. The van der Waals surface area contributed by atoms with Gasteiger partial charge in [-0.3, -0.25) is 0 Å². The lowest BCUT2D eigenvalue weighted by Gasteiger charge is -2.13. The van der Waals surface area contributed by atoms with Crippen LogP contribution in [0.4, 0.5) is 4.39 Å². The smallest absolute Gasteiger partial charge is 0.142 e. The van der Waals surface area contributed by atoms with Gasteiger partial charge in [0.05, 0.1) is 11.4 Å². The lowest BCUT2D eigenvalue weighted by molar-refractivity contribution is 0.130. The van der Waals surface area contributed by atoms with E-state index in [1.807, 2.05) is 56.3 Å². The molecule has 4 rings (SSSR count). The van der Waals surface area contributed by atoms with Crippen LogP contribution in [0.25, 0.3) is 16.9 Å². The molecular formula is C27H24ClFN2O. The molecule has 0 saturated heterocycles. The summed E-state index contributed by atoms with van der Waals surface area (Å²) >= 11 is 6.27. The molecule has 32 heavy (non-hydrogen) atoms. The van der Waals surface area contributed by atoms with Crippen molar-refractivity contribution in [1.29, 1.82) is 0 Å². The van der Waals surface area contributed by atoms with Crippen LogP contribution in [0.2, 0.25) is 5.02 Å². The highest BCUT2D eigenvalue weighted by Gasteiger charge is 2.17. The van der Waals surface area contributed by atoms with Crippen LogP contribution < -0.4 is 0 Å². The predicted octanol–water partition coefficient (Wildman–Crippen LogP) is 7.49. The Morgan fingerprint density at radius 3 is 2.44 bits per heavy atom. The van der Waals surface area contributed by atoms with Gasteiger partial charge >= 0.3 is 0 Å². The molecule has 1 aromatic heterocycles. The number of hydrogen-bond acceptors (Lipinski definition) is 2. The summed E-state index contributed by atoms with van der Waals surface area (Å²) in [6.45, 7) is 6.42. The molecule has 0 aliphatic carbocycles. The Morgan fingerprint density at radius 2 is 1.72 bits per heavy atom. The average Bonchev–Trinajstić information content (AvgIpc) is 3.12. The fourth-order valence-electron chi connectivity index (χ4n) is 3.77. The summed E-state index contributed by atoms with van der Waals surface area (Å²) in [5.74, 6) is -0.270. The Kier molecular flexibility index (Phi) is 6.42. The van der Waals surface area contributed by atoms with Crippen molar-refractivity contribution in [2.24, 2.45) is 5.16 Å². The Balaban J connectivity index is 1.73. The van der Waals surface area contributed by atoms with Gasteiger partial charge in [0.25, 0.3) is 0 Å². The Morgan fingerprint density at radius 1 is 0.969 bits per heavy atom. The van der Waals surface area contributed by atoms with Gasteiger partial charge in [0, 0.05) is 22.0 Å². The second-order valence-electron chi connectivity index (χ2n) is 7.73. The number of rotatable bonds is 6. The van der Waals surface area contributed by atoms with Crippen LogP contribution in [0.1, 0.15) is 29.3 Å². The van der Waals surface area contributed by atoms with Crippen LogP contribution in [0.15, 0.2) is 84.0 Å². The second-order valence-corrected chi connectivity index (χ2v) is 8.16. The fraction of sp³-hybridized carbons (Fsp3) is 0.148. The van der Waals surface area contributed by atoms with Crippen LogP contribution in [0, 0.1) is 19.7 Å². The highest BCUT2D eigenvalue weighted by Crippen LogP contribution is 2.31. The molecule has 4 aromatic rings. The summed E-state index contributed by atoms with van der Waals surface area (Å²) in [5.41, 5.74) is 7.73. The minimum Gasteiger partial charge on any atom is -0.391 e. The molecule has 0 atom stereocenters. The molecule has 1 heterocycles. The zero-order valence-electron chi connectivity index (χ0n) is 18.3. The lowest BCUT2D eigenvalue weighted by Crippen LogP contribution is -2.03. The number of nitrogens with zero attached hydrogens (tertiary/aromatic N) is 2. The first-order valence-corrected chi connectivity index (χ1v) is 10.8. The maximum absolute atomic E-state index is 13.5. The van der Waals surface area contributed by atoms with E-state index in [4.69, 9.17) is 16.4 Å². The molecule has 0 bridgehead atoms. The van der Waals surface area contributed by atoms with Crippen LogP contribution in [0.5, 0.6) is 0 Å². The van der Waals surface area contributed by atoms with E-state index in [0.29, 0.717) is 11.6 Å². The van der Waals surface area contributed by atoms with Gasteiger partial charge in [0.15, 0.2) is 0 Å². The summed E-state index contributed by atoms with van der Waals surface area (Å²) in [6.07, 6.45) is 0. The lowest BCUT2D eigenvalue weighted by atomic mass is 10.1. The summed E-state index contributed by atoms with van der Waals surface area (Å²) in [7, 11) is 0. The van der Waals surface area contributed by atoms with E-state index in [-0.39, 0.29) is 5.82 Å². The minimum absolute atomic E-state index is 0.270. The van der Waals surface area contributed by atoms with Crippen LogP contribution in [-0.4, -0.2) is 10.3 Å². The van der Waals surface area contributed by atoms with Crippen molar-refractivity contribution in [3.8, 4) is 16.9 Å². The molecule has 162 valence electrons. The van der Waals surface area contributed by atoms with Crippen LogP contribution in [0.3, 0.4) is 0 Å². The summed E-state index contributed by atoms with van der Waals surface area (Å²) in [5, 5.41) is 5.03. The Labute approximate surface area is 192 Å². The predicted molar refractivity (Wildman–Crippen MR) is 129 cm³/mol. The highest BCUT2D eigenvalue weighted by molar-refractivity contribution is 6.30. The molecule has 3 nitrogen and oxygen atoms in total. The third kappa shape index (κ3) is 4.61. The van der Waals surface area contributed by atoms with E-state index < -0.39 is 0 Å². The zero-order valence-corrected chi connectivity index (χ0v) is 19.0. The van der Waals surface area contributed by atoms with Gasteiger partial charge in [-0.05, 0) is 86.0 Å². The molecule has 0 aliphatic rings. The topological polar surface area (TPSA) is 26.5 Å². The highest BCUT2D eigenvalue weighted by atomic mass is 35.5. The molecule has 0 N–H and O–H groups in total. The number of hydrogen-bond donors (Lipinski definition) is 0. The quantitative estimate of drug-likeness (QED) is 0.222. The first-order valence-electron chi connectivity index (χ1n) is 10.4. The summed E-state index contributed by atoms with van der Waals surface area (Å²) < 4.78 is 15.6. The first-order chi connectivity index (χ1) is 15.4. The largest absolute Gasteiger partial charge is 0.391 e. The van der Waals surface area contributed by atoms with Crippen molar-refractivity contribution in [3.05, 3.63) is 112 Å². The molecule has 3 aromatic carbocycles. The normalized spacial score (nSPS) is 11.6. The second kappa shape index (κ2) is 9.41. The number of halogens is 2. The van der Waals surface area contributed by atoms with Gasteiger partial charge in [0.2, 0.25) is 0 Å². The van der Waals surface area contributed by atoms with E-state index in [1.165, 1.54) is 17.7 Å². The van der Waals surface area contributed by atoms with Crippen molar-refractivity contribution in [2.75, 3.05) is 0 Å². The summed E-state index contributed by atoms with van der Waals surface area (Å²) in [6, 6.07) is 24.3. The van der Waals surface area contributed by atoms with Crippen molar-refractivity contribution in [3.63, 3.8) is 0 Å². The minimum atomic E-state index is -0.270. The molecule has 0 aliphatic heterocycles. The monoisotopic (exact) mass is 446 g/mol. The van der Waals surface area contributed by atoms with Crippen molar-refractivity contribution in [1.82, 2.24) is 4.57 Å². The first kappa shape index (κ1) is 21.8. The van der Waals surface area contributed by atoms with E-state index in [2.05, 4.69) is 28.8 Å². The van der Waals surface area contributed by atoms with E-state index in [1.54, 1.807) is 12.1 Å². The van der Waals surface area contributed by atoms with Gasteiger partial charge in [-0.1, -0.05) is 47.1 Å². The van der Waals surface area contributed by atoms with Crippen molar-refractivity contribution >= 4 is 17.3 Å². The van der Waals surface area contributed by atoms with E-state index in [9.17, 15) is 4.39 Å². The standard InChI is InChI=1S/C27H24ClFN2O/c1-18-7-4-5-8-22(18)17-32-30-19(2)26-16-27(21-11-13-24(29)14-12-21)31(20(26)3)25-10-6-9-23(28)15-25/h4-16H,17H2,1-3H3/b30-19-.